The second-order valence-electron chi connectivity index (χ2n) is 8.07. The van der Waals surface area contributed by atoms with Crippen molar-refractivity contribution in [3.63, 3.8) is 0 Å². The van der Waals surface area contributed by atoms with Gasteiger partial charge in [0.25, 0.3) is 0 Å². The molecule has 0 aromatic heterocycles. The second kappa shape index (κ2) is 6.55. The number of halogens is 1. The normalized spacial score (nSPS) is 19.3. The summed E-state index contributed by atoms with van der Waals surface area (Å²) >= 11 is 0. The molecular weight excluding hydrogens is 347 g/mol. The van der Waals surface area contributed by atoms with Crippen LogP contribution >= 0.6 is 0 Å². The third kappa shape index (κ3) is 3.64. The van der Waals surface area contributed by atoms with Gasteiger partial charge in [0.15, 0.2) is 0 Å². The Kier molecular flexibility index (Phi) is 4.33. The summed E-state index contributed by atoms with van der Waals surface area (Å²) < 4.78 is 25.9. The number of carbonyl (C=O) groups is 1. The van der Waals surface area contributed by atoms with E-state index in [-0.39, 0.29) is 30.4 Å². The standard InChI is InChI=1S/C22H23FO4/c1-22(2)11-15-7-17(23)8-16(21(15)27-22)12-26-18-5-6-19-13(9-18)3-4-14(19)10-20(24)25/h5-9,14H,3-4,10-12H2,1-2H3,(H,24,25). The molecule has 2 aromatic carbocycles. The van der Waals surface area contributed by atoms with Crippen molar-refractivity contribution >= 4 is 5.97 Å². The van der Waals surface area contributed by atoms with Gasteiger partial charge in [-0.15, -0.1) is 0 Å². The highest BCUT2D eigenvalue weighted by atomic mass is 19.1. The van der Waals surface area contributed by atoms with Gasteiger partial charge in [0, 0.05) is 17.5 Å². The molecule has 0 amide bonds. The summed E-state index contributed by atoms with van der Waals surface area (Å²) in [6, 6.07) is 8.80. The molecule has 0 saturated heterocycles. The number of hydrogen-bond donors (Lipinski definition) is 1. The Bertz CT molecular complexity index is 903. The maximum absolute atomic E-state index is 14.0. The first-order valence-electron chi connectivity index (χ1n) is 9.28. The van der Waals surface area contributed by atoms with Crippen LogP contribution in [0.2, 0.25) is 0 Å². The van der Waals surface area contributed by atoms with Crippen molar-refractivity contribution < 1.29 is 23.8 Å². The van der Waals surface area contributed by atoms with E-state index in [2.05, 4.69) is 0 Å². The number of aryl methyl sites for hydroxylation is 1. The number of hydrogen-bond acceptors (Lipinski definition) is 3. The van der Waals surface area contributed by atoms with E-state index < -0.39 is 5.97 Å². The number of fused-ring (bicyclic) bond motifs is 2. The molecule has 1 atom stereocenters. The van der Waals surface area contributed by atoms with Crippen LogP contribution in [0, 0.1) is 5.82 Å². The Morgan fingerprint density at radius 2 is 2.11 bits per heavy atom. The zero-order chi connectivity index (χ0) is 19.2. The molecule has 0 spiro atoms. The Hall–Kier alpha value is -2.56. The summed E-state index contributed by atoms with van der Waals surface area (Å²) in [4.78, 5) is 11.0. The predicted octanol–water partition coefficient (Wildman–Crippen LogP) is 4.62. The van der Waals surface area contributed by atoms with E-state index in [1.807, 2.05) is 32.0 Å². The minimum atomic E-state index is -0.768. The van der Waals surface area contributed by atoms with Crippen LogP contribution in [0.15, 0.2) is 30.3 Å². The summed E-state index contributed by atoms with van der Waals surface area (Å²) in [5, 5.41) is 9.03. The van der Waals surface area contributed by atoms with Crippen molar-refractivity contribution in [2.75, 3.05) is 0 Å². The summed E-state index contributed by atoms with van der Waals surface area (Å²) in [5.74, 6) is 0.466. The molecule has 1 N–H and O–H groups in total. The van der Waals surface area contributed by atoms with Crippen molar-refractivity contribution in [1.82, 2.24) is 0 Å². The van der Waals surface area contributed by atoms with Crippen molar-refractivity contribution in [2.24, 2.45) is 0 Å². The number of carboxylic acid groups (broad SMARTS) is 1. The molecule has 4 rings (SSSR count). The third-order valence-electron chi connectivity index (χ3n) is 5.33. The highest BCUT2D eigenvalue weighted by Gasteiger charge is 2.32. The van der Waals surface area contributed by atoms with Crippen molar-refractivity contribution in [3.8, 4) is 11.5 Å². The van der Waals surface area contributed by atoms with E-state index in [0.29, 0.717) is 17.7 Å². The topological polar surface area (TPSA) is 55.8 Å². The van der Waals surface area contributed by atoms with Gasteiger partial charge in [-0.3, -0.25) is 4.79 Å². The number of carboxylic acids is 1. The van der Waals surface area contributed by atoms with Gasteiger partial charge >= 0.3 is 5.97 Å². The average Bonchev–Trinajstić information content (AvgIpc) is 3.11. The highest BCUT2D eigenvalue weighted by molar-refractivity contribution is 5.68. The third-order valence-corrected chi connectivity index (χ3v) is 5.33. The van der Waals surface area contributed by atoms with Crippen LogP contribution in [0.4, 0.5) is 4.39 Å². The summed E-state index contributed by atoms with van der Waals surface area (Å²) in [6.45, 7) is 4.21. The summed E-state index contributed by atoms with van der Waals surface area (Å²) in [5.41, 5.74) is 3.49. The summed E-state index contributed by atoms with van der Waals surface area (Å²) in [6.07, 6.45) is 2.55. The molecule has 142 valence electrons. The van der Waals surface area contributed by atoms with Gasteiger partial charge in [-0.1, -0.05) is 6.07 Å². The molecule has 1 aliphatic heterocycles. The molecule has 0 saturated carbocycles. The van der Waals surface area contributed by atoms with Crippen LogP contribution in [0.3, 0.4) is 0 Å². The zero-order valence-electron chi connectivity index (χ0n) is 15.5. The quantitative estimate of drug-likeness (QED) is 0.834. The largest absolute Gasteiger partial charge is 0.489 e. The van der Waals surface area contributed by atoms with Crippen LogP contribution in [0.5, 0.6) is 11.5 Å². The van der Waals surface area contributed by atoms with Crippen LogP contribution in [0.25, 0.3) is 0 Å². The maximum Gasteiger partial charge on any atom is 0.303 e. The average molecular weight is 370 g/mol. The highest BCUT2D eigenvalue weighted by Crippen LogP contribution is 2.40. The molecule has 1 unspecified atom stereocenters. The Morgan fingerprint density at radius 3 is 2.89 bits per heavy atom. The van der Waals surface area contributed by atoms with Crippen molar-refractivity contribution in [2.45, 2.75) is 57.7 Å². The van der Waals surface area contributed by atoms with Gasteiger partial charge < -0.3 is 14.6 Å². The van der Waals surface area contributed by atoms with Gasteiger partial charge in [0.1, 0.15) is 29.5 Å². The lowest BCUT2D eigenvalue weighted by atomic mass is 9.98. The van der Waals surface area contributed by atoms with E-state index in [9.17, 15) is 9.18 Å². The SMILES string of the molecule is CC1(C)Cc2cc(F)cc(COc3ccc4c(c3)CCC4CC(=O)O)c2O1. The molecule has 1 heterocycles. The Morgan fingerprint density at radius 1 is 1.30 bits per heavy atom. The first-order chi connectivity index (χ1) is 12.8. The van der Waals surface area contributed by atoms with Gasteiger partial charge in [0.2, 0.25) is 0 Å². The van der Waals surface area contributed by atoms with E-state index in [0.717, 1.165) is 35.3 Å². The van der Waals surface area contributed by atoms with Crippen LogP contribution in [-0.4, -0.2) is 16.7 Å². The van der Waals surface area contributed by atoms with E-state index in [1.54, 1.807) is 0 Å². The Labute approximate surface area is 157 Å². The lowest BCUT2D eigenvalue weighted by Crippen LogP contribution is -2.25. The lowest BCUT2D eigenvalue weighted by Gasteiger charge is -2.18. The van der Waals surface area contributed by atoms with Crippen molar-refractivity contribution in [3.05, 3.63) is 58.4 Å². The predicted molar refractivity (Wildman–Crippen MR) is 98.9 cm³/mol. The fourth-order valence-corrected chi connectivity index (χ4v) is 4.21. The molecule has 0 radical (unpaired) electrons. The van der Waals surface area contributed by atoms with Crippen molar-refractivity contribution in [1.29, 1.82) is 0 Å². The Balaban J connectivity index is 1.50. The summed E-state index contributed by atoms with van der Waals surface area (Å²) in [7, 11) is 0. The fourth-order valence-electron chi connectivity index (χ4n) is 4.21. The molecular formula is C22H23FO4. The van der Waals surface area contributed by atoms with E-state index >= 15 is 0 Å². The minimum absolute atomic E-state index is 0.0775. The molecule has 27 heavy (non-hydrogen) atoms. The first-order valence-corrected chi connectivity index (χ1v) is 9.28. The molecule has 4 nitrogen and oxygen atoms in total. The van der Waals surface area contributed by atoms with Gasteiger partial charge in [-0.05, 0) is 68.0 Å². The number of rotatable bonds is 5. The monoisotopic (exact) mass is 370 g/mol. The molecule has 1 aliphatic carbocycles. The van der Waals surface area contributed by atoms with Crippen LogP contribution < -0.4 is 9.47 Å². The molecule has 2 aromatic rings. The zero-order valence-corrected chi connectivity index (χ0v) is 15.5. The smallest absolute Gasteiger partial charge is 0.303 e. The lowest BCUT2D eigenvalue weighted by molar-refractivity contribution is -0.137. The molecule has 5 heteroatoms. The molecule has 0 fully saturated rings. The maximum atomic E-state index is 14.0. The second-order valence-corrected chi connectivity index (χ2v) is 8.07. The van der Waals surface area contributed by atoms with E-state index in [4.69, 9.17) is 14.6 Å². The van der Waals surface area contributed by atoms with Gasteiger partial charge in [0.05, 0.1) is 6.42 Å². The van der Waals surface area contributed by atoms with E-state index in [1.165, 1.54) is 12.1 Å². The number of benzene rings is 2. The first kappa shape index (κ1) is 17.8. The molecule has 0 bridgehead atoms. The van der Waals surface area contributed by atoms with Gasteiger partial charge in [-0.25, -0.2) is 4.39 Å². The van der Waals surface area contributed by atoms with Gasteiger partial charge in [-0.2, -0.15) is 0 Å². The minimum Gasteiger partial charge on any atom is -0.489 e. The van der Waals surface area contributed by atoms with Crippen LogP contribution in [0.1, 0.15) is 54.9 Å². The fraction of sp³-hybridized carbons (Fsp3) is 0.409. The number of ether oxygens (including phenoxy) is 2. The number of aliphatic carboxylic acids is 1. The van der Waals surface area contributed by atoms with Crippen LogP contribution in [-0.2, 0) is 24.2 Å². The molecule has 2 aliphatic rings.